The van der Waals surface area contributed by atoms with E-state index in [4.69, 9.17) is 9.66 Å². The van der Waals surface area contributed by atoms with Gasteiger partial charge in [-0.05, 0) is 19.3 Å². The molecule has 2 atom stereocenters. The maximum atomic E-state index is 10.7. The van der Waals surface area contributed by atoms with E-state index in [-0.39, 0.29) is 12.0 Å². The zero-order valence-electron chi connectivity index (χ0n) is 8.10. The van der Waals surface area contributed by atoms with Crippen LogP contribution in [0.5, 0.6) is 0 Å². The first-order valence-electron chi connectivity index (χ1n) is 4.03. The molecule has 82 valence electrons. The Hall–Kier alpha value is -0.880. The van der Waals surface area contributed by atoms with Gasteiger partial charge in [-0.2, -0.15) is 8.42 Å². The first kappa shape index (κ1) is 13.1. The van der Waals surface area contributed by atoms with E-state index in [9.17, 15) is 13.2 Å². The predicted octanol–water partition coefficient (Wildman–Crippen LogP) is 0.930. The molecule has 0 heterocycles. The van der Waals surface area contributed by atoms with E-state index in [1.54, 1.807) is 6.92 Å². The van der Waals surface area contributed by atoms with Crippen LogP contribution in [0.25, 0.3) is 0 Å². The molecule has 5 nitrogen and oxygen atoms in total. The van der Waals surface area contributed by atoms with Crippen LogP contribution in [0.15, 0.2) is 12.2 Å². The van der Waals surface area contributed by atoms with Crippen LogP contribution in [-0.4, -0.2) is 29.3 Å². The summed E-state index contributed by atoms with van der Waals surface area (Å²) in [6, 6.07) is 0. The molecule has 2 N–H and O–H groups in total. The molecule has 0 bridgehead atoms. The summed E-state index contributed by atoms with van der Waals surface area (Å²) in [6.07, 6.45) is 0.0380. The Morgan fingerprint density at radius 3 is 2.14 bits per heavy atom. The molecule has 6 heteroatoms. The second-order valence-electron chi connectivity index (χ2n) is 3.31. The van der Waals surface area contributed by atoms with E-state index in [0.29, 0.717) is 0 Å². The molecule has 0 amide bonds. The minimum Gasteiger partial charge on any atom is -0.478 e. The highest BCUT2D eigenvalue weighted by Crippen LogP contribution is 2.18. The van der Waals surface area contributed by atoms with Crippen molar-refractivity contribution in [2.24, 2.45) is 5.92 Å². The minimum atomic E-state index is -4.11. The van der Waals surface area contributed by atoms with Gasteiger partial charge < -0.3 is 5.11 Å². The van der Waals surface area contributed by atoms with Gasteiger partial charge in [-0.1, -0.05) is 13.5 Å². The lowest BCUT2D eigenvalue weighted by Gasteiger charge is -2.16. The van der Waals surface area contributed by atoms with E-state index < -0.39 is 27.3 Å². The standard InChI is InChI=1S/C8H14O5S/c1-5(4-6(2)8(9)10)7(3)14(11,12)13/h5,7H,2,4H2,1,3H3,(H,9,10)(H,11,12,13). The molecule has 0 spiro atoms. The van der Waals surface area contributed by atoms with Gasteiger partial charge in [-0.3, -0.25) is 4.55 Å². The van der Waals surface area contributed by atoms with Crippen molar-refractivity contribution in [3.8, 4) is 0 Å². The van der Waals surface area contributed by atoms with Crippen LogP contribution < -0.4 is 0 Å². The Kier molecular flexibility index (Phi) is 4.28. The summed E-state index contributed by atoms with van der Waals surface area (Å²) < 4.78 is 30.1. The first-order chi connectivity index (χ1) is 6.16. The van der Waals surface area contributed by atoms with Gasteiger partial charge in [0.2, 0.25) is 0 Å². The van der Waals surface area contributed by atoms with Gasteiger partial charge in [-0.15, -0.1) is 0 Å². The predicted molar refractivity (Wildman–Crippen MR) is 51.6 cm³/mol. The minimum absolute atomic E-state index is 0.0380. The fourth-order valence-corrected chi connectivity index (χ4v) is 1.62. The average molecular weight is 222 g/mol. The van der Waals surface area contributed by atoms with Gasteiger partial charge in [0.25, 0.3) is 10.1 Å². The Morgan fingerprint density at radius 1 is 1.43 bits per heavy atom. The van der Waals surface area contributed by atoms with E-state index in [0.717, 1.165) is 0 Å². The maximum Gasteiger partial charge on any atom is 0.330 e. The van der Waals surface area contributed by atoms with Crippen LogP contribution >= 0.6 is 0 Å². The third-order valence-corrected chi connectivity index (χ3v) is 3.55. The molecule has 0 aliphatic rings. The lowest BCUT2D eigenvalue weighted by Crippen LogP contribution is -2.25. The molecule has 0 aromatic carbocycles. The summed E-state index contributed by atoms with van der Waals surface area (Å²) in [5.74, 6) is -1.63. The van der Waals surface area contributed by atoms with Crippen molar-refractivity contribution < 1.29 is 22.9 Å². The molecule has 0 rings (SSSR count). The van der Waals surface area contributed by atoms with Crippen LogP contribution in [-0.2, 0) is 14.9 Å². The number of carbonyl (C=O) groups is 1. The van der Waals surface area contributed by atoms with Crippen molar-refractivity contribution in [2.45, 2.75) is 25.5 Å². The molecule has 0 fully saturated rings. The quantitative estimate of drug-likeness (QED) is 0.533. The molecular weight excluding hydrogens is 208 g/mol. The van der Waals surface area contributed by atoms with E-state index in [1.165, 1.54) is 6.92 Å². The van der Waals surface area contributed by atoms with Crippen molar-refractivity contribution in [3.63, 3.8) is 0 Å². The molecule has 0 aliphatic carbocycles. The number of rotatable bonds is 5. The highest BCUT2D eigenvalue weighted by Gasteiger charge is 2.25. The normalized spacial score (nSPS) is 15.9. The second-order valence-corrected chi connectivity index (χ2v) is 5.08. The second kappa shape index (κ2) is 4.56. The van der Waals surface area contributed by atoms with E-state index in [2.05, 4.69) is 6.58 Å². The lowest BCUT2D eigenvalue weighted by atomic mass is 10.00. The highest BCUT2D eigenvalue weighted by molar-refractivity contribution is 7.86. The number of carboxylic acids is 1. The summed E-state index contributed by atoms with van der Waals surface area (Å²) in [6.45, 7) is 6.16. The SMILES string of the molecule is C=C(CC(C)C(C)S(=O)(=O)O)C(=O)O. The fraction of sp³-hybridized carbons (Fsp3) is 0.625. The Labute approximate surface area is 83.2 Å². The van der Waals surface area contributed by atoms with Crippen LogP contribution in [0.4, 0.5) is 0 Å². The lowest BCUT2D eigenvalue weighted by molar-refractivity contribution is -0.132. The highest BCUT2D eigenvalue weighted by atomic mass is 32.2. The number of carboxylic acid groups (broad SMARTS) is 1. The van der Waals surface area contributed by atoms with Crippen LogP contribution in [0.2, 0.25) is 0 Å². The molecule has 2 unspecified atom stereocenters. The topological polar surface area (TPSA) is 91.7 Å². The third kappa shape index (κ3) is 3.89. The van der Waals surface area contributed by atoms with Gasteiger partial charge in [0.1, 0.15) is 0 Å². The largest absolute Gasteiger partial charge is 0.478 e. The molecule has 0 radical (unpaired) electrons. The van der Waals surface area contributed by atoms with Gasteiger partial charge in [0.15, 0.2) is 0 Å². The van der Waals surface area contributed by atoms with Crippen molar-refractivity contribution >= 4 is 16.1 Å². The van der Waals surface area contributed by atoms with Crippen LogP contribution in [0, 0.1) is 5.92 Å². The van der Waals surface area contributed by atoms with Crippen LogP contribution in [0.3, 0.4) is 0 Å². The third-order valence-electron chi connectivity index (χ3n) is 2.14. The van der Waals surface area contributed by atoms with Crippen molar-refractivity contribution in [1.29, 1.82) is 0 Å². The molecular formula is C8H14O5S. The van der Waals surface area contributed by atoms with E-state index in [1.807, 2.05) is 0 Å². The molecule has 0 aromatic rings. The Balaban J connectivity index is 4.44. The maximum absolute atomic E-state index is 10.7. The van der Waals surface area contributed by atoms with E-state index >= 15 is 0 Å². The summed E-state index contributed by atoms with van der Waals surface area (Å²) in [4.78, 5) is 10.4. The monoisotopic (exact) mass is 222 g/mol. The molecule has 0 saturated carbocycles. The molecule has 0 aromatic heterocycles. The number of hydrogen-bond donors (Lipinski definition) is 2. The van der Waals surface area contributed by atoms with Gasteiger partial charge in [-0.25, -0.2) is 4.79 Å². The summed E-state index contributed by atoms with van der Waals surface area (Å²) in [5.41, 5.74) is -0.0620. The molecule has 0 aliphatic heterocycles. The smallest absolute Gasteiger partial charge is 0.330 e. The van der Waals surface area contributed by atoms with Gasteiger partial charge in [0, 0.05) is 5.57 Å². The molecule has 14 heavy (non-hydrogen) atoms. The Morgan fingerprint density at radius 2 is 1.86 bits per heavy atom. The number of aliphatic carboxylic acids is 1. The van der Waals surface area contributed by atoms with Gasteiger partial charge >= 0.3 is 5.97 Å². The number of hydrogen-bond acceptors (Lipinski definition) is 3. The van der Waals surface area contributed by atoms with Crippen molar-refractivity contribution in [2.75, 3.05) is 0 Å². The van der Waals surface area contributed by atoms with Crippen molar-refractivity contribution in [3.05, 3.63) is 12.2 Å². The summed E-state index contributed by atoms with van der Waals surface area (Å²) in [7, 11) is -4.11. The fourth-order valence-electron chi connectivity index (χ4n) is 0.936. The zero-order valence-corrected chi connectivity index (χ0v) is 8.91. The summed E-state index contributed by atoms with van der Waals surface area (Å²) in [5, 5.41) is 7.52. The Bertz CT molecular complexity index is 330. The summed E-state index contributed by atoms with van der Waals surface area (Å²) >= 11 is 0. The average Bonchev–Trinajstić information content (AvgIpc) is 2.00. The molecule has 0 saturated heterocycles. The van der Waals surface area contributed by atoms with Crippen molar-refractivity contribution in [1.82, 2.24) is 0 Å². The van der Waals surface area contributed by atoms with Crippen LogP contribution in [0.1, 0.15) is 20.3 Å². The zero-order chi connectivity index (χ0) is 11.5. The van der Waals surface area contributed by atoms with Gasteiger partial charge in [0.05, 0.1) is 5.25 Å². The first-order valence-corrected chi connectivity index (χ1v) is 5.54.